The molecule has 2 saturated heterocycles. The highest BCUT2D eigenvalue weighted by atomic mass is 19.3. The van der Waals surface area contributed by atoms with Gasteiger partial charge in [-0.1, -0.05) is 0 Å². The van der Waals surface area contributed by atoms with Gasteiger partial charge in [0.05, 0.1) is 18.8 Å². The summed E-state index contributed by atoms with van der Waals surface area (Å²) < 4.78 is 47.3. The zero-order valence-electron chi connectivity index (χ0n) is 18.4. The molecular formula is C22H28F2N2O6. The molecule has 176 valence electrons. The van der Waals surface area contributed by atoms with Gasteiger partial charge in [0.15, 0.2) is 11.5 Å². The first-order chi connectivity index (χ1) is 15.1. The van der Waals surface area contributed by atoms with E-state index in [1.165, 1.54) is 6.07 Å². The smallest absolute Gasteiger partial charge is 0.410 e. The molecule has 0 aliphatic carbocycles. The fourth-order valence-electron chi connectivity index (χ4n) is 3.83. The van der Waals surface area contributed by atoms with Crippen molar-refractivity contribution < 1.29 is 37.4 Å². The van der Waals surface area contributed by atoms with Crippen LogP contribution in [0.4, 0.5) is 13.6 Å². The van der Waals surface area contributed by atoms with Crippen molar-refractivity contribution in [2.45, 2.75) is 57.5 Å². The van der Waals surface area contributed by atoms with Crippen molar-refractivity contribution in [1.82, 2.24) is 10.4 Å². The maximum atomic E-state index is 12.9. The summed E-state index contributed by atoms with van der Waals surface area (Å²) in [6, 6.07) is 4.73. The predicted molar refractivity (Wildman–Crippen MR) is 110 cm³/mol. The zero-order valence-corrected chi connectivity index (χ0v) is 18.4. The lowest BCUT2D eigenvalue weighted by atomic mass is 10.0. The van der Waals surface area contributed by atoms with Crippen LogP contribution in [0.3, 0.4) is 0 Å². The van der Waals surface area contributed by atoms with Gasteiger partial charge in [0.25, 0.3) is 0 Å². The van der Waals surface area contributed by atoms with Gasteiger partial charge in [0, 0.05) is 31.6 Å². The third-order valence-electron chi connectivity index (χ3n) is 5.35. The van der Waals surface area contributed by atoms with Crippen LogP contribution in [0.5, 0.6) is 11.5 Å². The standard InChI is InChI=1S/C22H28F2N2O6/c1-21(2,3)31-20(27)26-8-6-15(12-26)29-18-10-14(4-5-17(18)30-19(23)24)16-11-22(32-25-16)7-9-28-13-22/h4-5,10-11,15,19,25H,6-9,12-13H2,1-3H3/t15-,22?/m1/s1. The molecular weight excluding hydrogens is 426 g/mol. The number of hydrogen-bond acceptors (Lipinski definition) is 7. The lowest BCUT2D eigenvalue weighted by Gasteiger charge is -2.24. The van der Waals surface area contributed by atoms with E-state index in [0.29, 0.717) is 37.4 Å². The number of nitrogens with one attached hydrogen (secondary N) is 1. The van der Waals surface area contributed by atoms with Gasteiger partial charge < -0.3 is 23.8 Å². The Hall–Kier alpha value is -2.59. The van der Waals surface area contributed by atoms with Gasteiger partial charge >= 0.3 is 12.7 Å². The van der Waals surface area contributed by atoms with E-state index in [1.54, 1.807) is 37.8 Å². The van der Waals surface area contributed by atoms with Gasteiger partial charge in [-0.2, -0.15) is 8.78 Å². The summed E-state index contributed by atoms with van der Waals surface area (Å²) in [5, 5.41) is 0. The average molecular weight is 454 g/mol. The minimum Gasteiger partial charge on any atom is -0.485 e. The van der Waals surface area contributed by atoms with E-state index in [0.717, 1.165) is 6.42 Å². The zero-order chi connectivity index (χ0) is 22.9. The molecule has 3 aliphatic rings. The van der Waals surface area contributed by atoms with Gasteiger partial charge in [0.2, 0.25) is 0 Å². The van der Waals surface area contributed by atoms with Gasteiger partial charge in [-0.15, -0.1) is 0 Å². The monoisotopic (exact) mass is 454 g/mol. The van der Waals surface area contributed by atoms with Crippen LogP contribution < -0.4 is 15.0 Å². The molecule has 8 nitrogen and oxygen atoms in total. The topological polar surface area (TPSA) is 78.5 Å². The van der Waals surface area contributed by atoms with Gasteiger partial charge in [-0.3, -0.25) is 10.3 Å². The third kappa shape index (κ3) is 5.24. The molecule has 1 aromatic carbocycles. The second-order valence-electron chi connectivity index (χ2n) is 9.12. The number of benzene rings is 1. The molecule has 3 heterocycles. The van der Waals surface area contributed by atoms with Crippen LogP contribution in [0, 0.1) is 0 Å². The van der Waals surface area contributed by atoms with Crippen LogP contribution in [0.2, 0.25) is 0 Å². The highest BCUT2D eigenvalue weighted by molar-refractivity contribution is 5.69. The van der Waals surface area contributed by atoms with Crippen molar-refractivity contribution in [3.8, 4) is 11.5 Å². The molecule has 1 amide bonds. The molecule has 2 atom stereocenters. The van der Waals surface area contributed by atoms with Crippen molar-refractivity contribution in [2.24, 2.45) is 0 Å². The number of carbonyl (C=O) groups excluding carboxylic acids is 1. The summed E-state index contributed by atoms with van der Waals surface area (Å²) >= 11 is 0. The summed E-state index contributed by atoms with van der Waals surface area (Å²) in [7, 11) is 0. The molecule has 0 radical (unpaired) electrons. The van der Waals surface area contributed by atoms with Crippen molar-refractivity contribution >= 4 is 11.8 Å². The molecule has 2 fully saturated rings. The molecule has 1 aromatic rings. The minimum atomic E-state index is -2.99. The summed E-state index contributed by atoms with van der Waals surface area (Å²) in [6.07, 6.45) is 2.40. The van der Waals surface area contributed by atoms with Crippen LogP contribution >= 0.6 is 0 Å². The number of nitrogens with zero attached hydrogens (tertiary/aromatic N) is 1. The number of hydrogen-bond donors (Lipinski definition) is 1. The summed E-state index contributed by atoms with van der Waals surface area (Å²) in [4.78, 5) is 19.6. The van der Waals surface area contributed by atoms with Crippen molar-refractivity contribution in [3.05, 3.63) is 29.8 Å². The Kier molecular flexibility index (Phi) is 6.17. The molecule has 0 aromatic heterocycles. The van der Waals surface area contributed by atoms with E-state index in [-0.39, 0.29) is 24.1 Å². The largest absolute Gasteiger partial charge is 0.485 e. The number of rotatable bonds is 5. The van der Waals surface area contributed by atoms with Gasteiger partial charge in [0.1, 0.15) is 17.3 Å². The first-order valence-electron chi connectivity index (χ1n) is 10.6. The quantitative estimate of drug-likeness (QED) is 0.727. The molecule has 0 saturated carbocycles. The Labute approximate surface area is 185 Å². The number of likely N-dealkylation sites (tertiary alicyclic amines) is 1. The number of alkyl halides is 2. The highest BCUT2D eigenvalue weighted by Crippen LogP contribution is 2.37. The Morgan fingerprint density at radius 2 is 2.12 bits per heavy atom. The Bertz CT molecular complexity index is 880. The number of carbonyl (C=O) groups is 1. The van der Waals surface area contributed by atoms with Crippen LogP contribution in [0.1, 0.15) is 39.2 Å². The third-order valence-corrected chi connectivity index (χ3v) is 5.35. The molecule has 1 N–H and O–H groups in total. The second-order valence-corrected chi connectivity index (χ2v) is 9.12. The Morgan fingerprint density at radius 3 is 2.81 bits per heavy atom. The number of halogens is 2. The van der Waals surface area contributed by atoms with Gasteiger partial charge in [-0.05, 0) is 45.0 Å². The van der Waals surface area contributed by atoms with E-state index >= 15 is 0 Å². The normalized spacial score (nSPS) is 25.2. The molecule has 32 heavy (non-hydrogen) atoms. The first kappa shape index (κ1) is 22.6. The molecule has 4 rings (SSSR count). The van der Waals surface area contributed by atoms with E-state index < -0.39 is 23.9 Å². The minimum absolute atomic E-state index is 0.0714. The van der Waals surface area contributed by atoms with Crippen LogP contribution in [-0.2, 0) is 14.3 Å². The first-order valence-corrected chi connectivity index (χ1v) is 10.6. The van der Waals surface area contributed by atoms with Crippen molar-refractivity contribution in [3.63, 3.8) is 0 Å². The number of hydroxylamine groups is 1. The van der Waals surface area contributed by atoms with Crippen LogP contribution in [0.15, 0.2) is 24.3 Å². The predicted octanol–water partition coefficient (Wildman–Crippen LogP) is 3.71. The van der Waals surface area contributed by atoms with E-state index in [9.17, 15) is 13.6 Å². The van der Waals surface area contributed by atoms with Crippen LogP contribution in [0.25, 0.3) is 5.70 Å². The fourth-order valence-corrected chi connectivity index (χ4v) is 3.83. The maximum absolute atomic E-state index is 12.9. The van der Waals surface area contributed by atoms with E-state index in [2.05, 4.69) is 10.2 Å². The Morgan fingerprint density at radius 1 is 1.31 bits per heavy atom. The molecule has 0 bridgehead atoms. The van der Waals surface area contributed by atoms with Crippen LogP contribution in [-0.4, -0.2) is 61.2 Å². The molecule has 1 spiro atoms. The number of amides is 1. The lowest BCUT2D eigenvalue weighted by molar-refractivity contribution is -0.0520. The maximum Gasteiger partial charge on any atom is 0.410 e. The van der Waals surface area contributed by atoms with E-state index in [4.69, 9.17) is 19.0 Å². The lowest BCUT2D eigenvalue weighted by Crippen LogP contribution is -2.36. The molecule has 3 aliphatic heterocycles. The van der Waals surface area contributed by atoms with E-state index in [1.807, 2.05) is 6.08 Å². The summed E-state index contributed by atoms with van der Waals surface area (Å²) in [5.74, 6) is 0.100. The second kappa shape index (κ2) is 8.74. The van der Waals surface area contributed by atoms with Crippen molar-refractivity contribution in [1.29, 1.82) is 0 Å². The SMILES string of the molecule is CC(C)(C)OC(=O)N1CC[C@@H](Oc2cc(C3=CC4(CCOC4)ON3)ccc2OC(F)F)C1. The van der Waals surface area contributed by atoms with Crippen molar-refractivity contribution in [2.75, 3.05) is 26.3 Å². The average Bonchev–Trinajstić information content (AvgIpc) is 3.44. The molecule has 10 heteroatoms. The van der Waals surface area contributed by atoms with Gasteiger partial charge in [-0.25, -0.2) is 4.79 Å². The fraction of sp³-hybridized carbons (Fsp3) is 0.591. The number of ether oxygens (including phenoxy) is 4. The summed E-state index contributed by atoms with van der Waals surface area (Å²) in [5.41, 5.74) is 3.18. The highest BCUT2D eigenvalue weighted by Gasteiger charge is 2.39. The molecule has 1 unspecified atom stereocenters. The Balaban J connectivity index is 1.49. The summed E-state index contributed by atoms with van der Waals surface area (Å²) in [6.45, 7) is 4.20.